The zero-order valence-corrected chi connectivity index (χ0v) is 9.85. The van der Waals surface area contributed by atoms with E-state index >= 15 is 0 Å². The summed E-state index contributed by atoms with van der Waals surface area (Å²) in [6, 6.07) is 12.7. The summed E-state index contributed by atoms with van der Waals surface area (Å²) in [5.74, 6) is -0.112. The molecule has 1 heterocycles. The third-order valence-electron chi connectivity index (χ3n) is 2.21. The third kappa shape index (κ3) is 3.32. The molecule has 0 atom stereocenters. The molecular weight excluding hydrogens is 234 g/mol. The molecule has 0 radical (unpaired) electrons. The second-order valence-electron chi connectivity index (χ2n) is 3.44. The number of nitrogens with zero attached hydrogens (tertiary/aromatic N) is 1. The summed E-state index contributed by atoms with van der Waals surface area (Å²) in [5, 5.41) is 8.77. The highest BCUT2D eigenvalue weighted by molar-refractivity contribution is 7.98. The lowest BCUT2D eigenvalue weighted by Gasteiger charge is -2.01. The van der Waals surface area contributed by atoms with Gasteiger partial charge in [0.15, 0.2) is 0 Å². The highest BCUT2D eigenvalue weighted by Crippen LogP contribution is 2.22. The number of hydrogen-bond donors (Lipinski definition) is 1. The largest absolute Gasteiger partial charge is 0.478 e. The molecule has 1 aromatic carbocycles. The van der Waals surface area contributed by atoms with Crippen molar-refractivity contribution in [3.05, 3.63) is 59.9 Å². The highest BCUT2D eigenvalue weighted by atomic mass is 32.2. The molecule has 2 rings (SSSR count). The van der Waals surface area contributed by atoms with Crippen molar-refractivity contribution in [3.63, 3.8) is 0 Å². The molecule has 86 valence electrons. The highest BCUT2D eigenvalue weighted by Gasteiger charge is 2.02. The van der Waals surface area contributed by atoms with Gasteiger partial charge in [-0.1, -0.05) is 6.07 Å². The quantitative estimate of drug-likeness (QED) is 0.841. The molecule has 3 nitrogen and oxygen atoms in total. The summed E-state index contributed by atoms with van der Waals surface area (Å²) in [6.45, 7) is 0. The van der Waals surface area contributed by atoms with Crippen LogP contribution in [-0.2, 0) is 5.75 Å². The van der Waals surface area contributed by atoms with Gasteiger partial charge in [-0.05, 0) is 36.4 Å². The number of aromatic carboxylic acids is 1. The van der Waals surface area contributed by atoms with Gasteiger partial charge in [0.2, 0.25) is 0 Å². The first kappa shape index (κ1) is 11.7. The average molecular weight is 245 g/mol. The Morgan fingerprint density at radius 3 is 2.53 bits per heavy atom. The predicted octanol–water partition coefficient (Wildman–Crippen LogP) is 3.07. The monoisotopic (exact) mass is 245 g/mol. The number of hydrogen-bond acceptors (Lipinski definition) is 3. The van der Waals surface area contributed by atoms with E-state index in [1.807, 2.05) is 30.3 Å². The van der Waals surface area contributed by atoms with Gasteiger partial charge in [0.25, 0.3) is 0 Å². The molecule has 0 unspecified atom stereocenters. The van der Waals surface area contributed by atoms with Crippen LogP contribution in [0, 0.1) is 0 Å². The molecule has 0 saturated heterocycles. The van der Waals surface area contributed by atoms with Crippen molar-refractivity contribution in [2.45, 2.75) is 10.6 Å². The maximum Gasteiger partial charge on any atom is 0.335 e. The Labute approximate surface area is 104 Å². The van der Waals surface area contributed by atoms with Crippen LogP contribution in [0.25, 0.3) is 0 Å². The number of thioether (sulfide) groups is 1. The van der Waals surface area contributed by atoms with Gasteiger partial charge in [-0.25, -0.2) is 4.79 Å². The van der Waals surface area contributed by atoms with Crippen LogP contribution in [0.3, 0.4) is 0 Å². The van der Waals surface area contributed by atoms with Crippen molar-refractivity contribution in [2.24, 2.45) is 0 Å². The van der Waals surface area contributed by atoms with Crippen molar-refractivity contribution >= 4 is 17.7 Å². The van der Waals surface area contributed by atoms with Crippen molar-refractivity contribution in [2.75, 3.05) is 0 Å². The van der Waals surface area contributed by atoms with E-state index in [1.54, 1.807) is 30.1 Å². The molecule has 0 amide bonds. The molecule has 1 aromatic heterocycles. The molecule has 0 aliphatic carbocycles. The maximum atomic E-state index is 10.7. The van der Waals surface area contributed by atoms with Gasteiger partial charge >= 0.3 is 5.97 Å². The lowest BCUT2D eigenvalue weighted by molar-refractivity contribution is 0.0697. The van der Waals surface area contributed by atoms with Gasteiger partial charge in [0.1, 0.15) is 0 Å². The molecule has 0 bridgehead atoms. The first-order chi connectivity index (χ1) is 8.25. The van der Waals surface area contributed by atoms with Gasteiger partial charge in [-0.3, -0.25) is 4.98 Å². The van der Waals surface area contributed by atoms with Crippen LogP contribution in [-0.4, -0.2) is 16.1 Å². The number of aromatic nitrogens is 1. The average Bonchev–Trinajstić information content (AvgIpc) is 2.38. The Kier molecular flexibility index (Phi) is 3.77. The van der Waals surface area contributed by atoms with E-state index in [0.717, 1.165) is 16.3 Å². The summed E-state index contributed by atoms with van der Waals surface area (Å²) < 4.78 is 0. The molecule has 0 spiro atoms. The topological polar surface area (TPSA) is 50.2 Å². The van der Waals surface area contributed by atoms with Gasteiger partial charge in [0.05, 0.1) is 11.3 Å². The number of benzene rings is 1. The Balaban J connectivity index is 1.98. The van der Waals surface area contributed by atoms with Crippen LogP contribution >= 0.6 is 11.8 Å². The SMILES string of the molecule is O=C(O)c1ccc(SCc2ccccn2)cc1. The Bertz CT molecular complexity index is 497. The zero-order valence-electron chi connectivity index (χ0n) is 9.04. The number of carbonyl (C=O) groups is 1. The fraction of sp³-hybridized carbons (Fsp3) is 0.0769. The molecule has 4 heteroatoms. The summed E-state index contributed by atoms with van der Waals surface area (Å²) >= 11 is 1.64. The van der Waals surface area contributed by atoms with Crippen molar-refractivity contribution in [3.8, 4) is 0 Å². The van der Waals surface area contributed by atoms with Crippen molar-refractivity contribution in [1.29, 1.82) is 0 Å². The molecule has 0 saturated carbocycles. The molecule has 1 N–H and O–H groups in total. The molecule has 0 aliphatic heterocycles. The van der Waals surface area contributed by atoms with Gasteiger partial charge in [0, 0.05) is 16.8 Å². The van der Waals surface area contributed by atoms with E-state index in [1.165, 1.54) is 0 Å². The van der Waals surface area contributed by atoms with Crippen LogP contribution in [0.2, 0.25) is 0 Å². The minimum Gasteiger partial charge on any atom is -0.478 e. The zero-order chi connectivity index (χ0) is 12.1. The lowest BCUT2D eigenvalue weighted by atomic mass is 10.2. The second kappa shape index (κ2) is 5.50. The molecule has 2 aromatic rings. The van der Waals surface area contributed by atoms with E-state index in [2.05, 4.69) is 4.98 Å². The van der Waals surface area contributed by atoms with E-state index in [-0.39, 0.29) is 0 Å². The Hall–Kier alpha value is -1.81. The van der Waals surface area contributed by atoms with Crippen LogP contribution in [0.1, 0.15) is 16.1 Å². The molecule has 17 heavy (non-hydrogen) atoms. The van der Waals surface area contributed by atoms with Crippen LogP contribution < -0.4 is 0 Å². The first-order valence-corrected chi connectivity index (χ1v) is 6.10. The van der Waals surface area contributed by atoms with Crippen LogP contribution in [0.4, 0.5) is 0 Å². The van der Waals surface area contributed by atoms with Gasteiger partial charge in [-0.15, -0.1) is 11.8 Å². The standard InChI is InChI=1S/C13H11NO2S/c15-13(16)10-4-6-12(7-5-10)17-9-11-3-1-2-8-14-11/h1-8H,9H2,(H,15,16). The summed E-state index contributed by atoms with van der Waals surface area (Å²) in [5.41, 5.74) is 1.33. The first-order valence-electron chi connectivity index (χ1n) is 5.12. The van der Waals surface area contributed by atoms with Gasteiger partial charge in [-0.2, -0.15) is 0 Å². The van der Waals surface area contributed by atoms with Crippen molar-refractivity contribution in [1.82, 2.24) is 4.98 Å². The number of pyridine rings is 1. The van der Waals surface area contributed by atoms with Crippen LogP contribution in [0.15, 0.2) is 53.6 Å². The molecular formula is C13H11NO2S. The normalized spacial score (nSPS) is 10.1. The van der Waals surface area contributed by atoms with E-state index in [4.69, 9.17) is 5.11 Å². The van der Waals surface area contributed by atoms with E-state index in [9.17, 15) is 4.79 Å². The molecule has 0 fully saturated rings. The third-order valence-corrected chi connectivity index (χ3v) is 3.26. The van der Waals surface area contributed by atoms with Crippen molar-refractivity contribution < 1.29 is 9.90 Å². The lowest BCUT2D eigenvalue weighted by Crippen LogP contribution is -1.94. The fourth-order valence-electron chi connectivity index (χ4n) is 1.33. The Morgan fingerprint density at radius 2 is 1.94 bits per heavy atom. The summed E-state index contributed by atoms with van der Waals surface area (Å²) in [4.78, 5) is 15.9. The number of carboxylic acids is 1. The van der Waals surface area contributed by atoms with Crippen LogP contribution in [0.5, 0.6) is 0 Å². The second-order valence-corrected chi connectivity index (χ2v) is 4.49. The number of carboxylic acid groups (broad SMARTS) is 1. The predicted molar refractivity (Wildman–Crippen MR) is 67.2 cm³/mol. The minimum atomic E-state index is -0.897. The maximum absolute atomic E-state index is 10.7. The van der Waals surface area contributed by atoms with Gasteiger partial charge < -0.3 is 5.11 Å². The fourth-order valence-corrected chi connectivity index (χ4v) is 2.15. The summed E-state index contributed by atoms with van der Waals surface area (Å²) in [6.07, 6.45) is 1.77. The van der Waals surface area contributed by atoms with E-state index in [0.29, 0.717) is 5.56 Å². The summed E-state index contributed by atoms with van der Waals surface area (Å²) in [7, 11) is 0. The Morgan fingerprint density at radius 1 is 1.18 bits per heavy atom. The minimum absolute atomic E-state index is 0.312. The number of rotatable bonds is 4. The molecule has 0 aliphatic rings. The van der Waals surface area contributed by atoms with E-state index < -0.39 is 5.97 Å². The smallest absolute Gasteiger partial charge is 0.335 e.